The van der Waals surface area contributed by atoms with E-state index in [0.29, 0.717) is 12.4 Å². The fourth-order valence-corrected chi connectivity index (χ4v) is 2.74. The summed E-state index contributed by atoms with van der Waals surface area (Å²) in [6.07, 6.45) is 4.30. The van der Waals surface area contributed by atoms with Crippen molar-refractivity contribution in [2.24, 2.45) is 0 Å². The monoisotopic (exact) mass is 300 g/mol. The number of oxazole rings is 1. The fourth-order valence-electron chi connectivity index (χ4n) is 2.74. The first-order valence-corrected chi connectivity index (χ1v) is 7.63. The summed E-state index contributed by atoms with van der Waals surface area (Å²) in [5.41, 5.74) is 0.983. The number of ether oxygens (including phenoxy) is 1. The van der Waals surface area contributed by atoms with Gasteiger partial charge < -0.3 is 9.15 Å². The molecule has 1 aliphatic rings. The van der Waals surface area contributed by atoms with E-state index in [1.165, 1.54) is 0 Å². The van der Waals surface area contributed by atoms with Gasteiger partial charge in [-0.15, -0.1) is 0 Å². The van der Waals surface area contributed by atoms with Gasteiger partial charge in [-0.25, -0.2) is 9.78 Å². The van der Waals surface area contributed by atoms with Crippen LogP contribution in [0.15, 0.2) is 40.9 Å². The Bertz CT molecular complexity index is 624. The fraction of sp³-hybridized carbons (Fsp3) is 0.412. The van der Waals surface area contributed by atoms with Crippen LogP contribution in [0.4, 0.5) is 4.79 Å². The molecule has 2 heterocycles. The molecule has 1 aliphatic heterocycles. The molecule has 0 aliphatic carbocycles. The Morgan fingerprint density at radius 3 is 2.91 bits per heavy atom. The lowest BCUT2D eigenvalue weighted by molar-refractivity contribution is 0.0607. The van der Waals surface area contributed by atoms with E-state index in [0.717, 1.165) is 30.6 Å². The Kier molecular flexibility index (Phi) is 4.42. The third-order valence-corrected chi connectivity index (χ3v) is 3.87. The van der Waals surface area contributed by atoms with Crippen LogP contribution in [-0.4, -0.2) is 22.5 Å². The lowest BCUT2D eigenvalue weighted by Crippen LogP contribution is -2.39. The van der Waals surface area contributed by atoms with Crippen molar-refractivity contribution >= 4 is 6.09 Å². The van der Waals surface area contributed by atoms with E-state index in [-0.39, 0.29) is 18.7 Å². The lowest BCUT2D eigenvalue weighted by atomic mass is 10.0. The van der Waals surface area contributed by atoms with Crippen LogP contribution in [0, 0.1) is 6.92 Å². The maximum absolute atomic E-state index is 12.4. The predicted octanol–water partition coefficient (Wildman–Crippen LogP) is 3.85. The first kappa shape index (κ1) is 14.6. The smallest absolute Gasteiger partial charge is 0.410 e. The zero-order chi connectivity index (χ0) is 15.4. The Morgan fingerprint density at radius 1 is 1.36 bits per heavy atom. The van der Waals surface area contributed by atoms with Crippen molar-refractivity contribution in [3.63, 3.8) is 0 Å². The van der Waals surface area contributed by atoms with Crippen LogP contribution in [0.2, 0.25) is 0 Å². The second-order valence-electron chi connectivity index (χ2n) is 5.55. The van der Waals surface area contributed by atoms with E-state index in [9.17, 15) is 4.79 Å². The molecule has 1 atom stereocenters. The van der Waals surface area contributed by atoms with Gasteiger partial charge in [-0.3, -0.25) is 4.90 Å². The standard InChI is InChI=1S/C17H20N2O3/c1-13-11-18-16(22-13)15-9-5-6-10-19(15)17(20)21-12-14-7-3-2-4-8-14/h2-4,7-8,11,15H,5-6,9-10,12H2,1H3. The molecular weight excluding hydrogens is 280 g/mol. The number of hydrogen-bond donors (Lipinski definition) is 0. The SMILES string of the molecule is Cc1cnc(C2CCCCN2C(=O)OCc2ccccc2)o1. The number of aryl methyl sites for hydroxylation is 1. The molecule has 1 saturated heterocycles. The molecule has 0 bridgehead atoms. The van der Waals surface area contributed by atoms with E-state index in [4.69, 9.17) is 9.15 Å². The van der Waals surface area contributed by atoms with Crippen LogP contribution >= 0.6 is 0 Å². The zero-order valence-corrected chi connectivity index (χ0v) is 12.7. The average molecular weight is 300 g/mol. The Morgan fingerprint density at radius 2 is 2.18 bits per heavy atom. The van der Waals surface area contributed by atoms with Crippen LogP contribution in [0.1, 0.15) is 42.5 Å². The van der Waals surface area contributed by atoms with Gasteiger partial charge in [0.2, 0.25) is 5.89 Å². The molecule has 1 amide bonds. The number of carbonyl (C=O) groups excluding carboxylic acids is 1. The van der Waals surface area contributed by atoms with E-state index < -0.39 is 0 Å². The molecule has 0 spiro atoms. The van der Waals surface area contributed by atoms with E-state index >= 15 is 0 Å². The second kappa shape index (κ2) is 6.64. The normalized spacial score (nSPS) is 18.2. The number of benzene rings is 1. The number of nitrogens with zero attached hydrogens (tertiary/aromatic N) is 2. The number of rotatable bonds is 3. The maximum atomic E-state index is 12.4. The molecule has 0 radical (unpaired) electrons. The number of carbonyl (C=O) groups is 1. The zero-order valence-electron chi connectivity index (χ0n) is 12.7. The van der Waals surface area contributed by atoms with Gasteiger partial charge in [-0.2, -0.15) is 0 Å². The Balaban J connectivity index is 1.66. The van der Waals surface area contributed by atoms with Crippen molar-refractivity contribution in [2.75, 3.05) is 6.54 Å². The van der Waals surface area contributed by atoms with Crippen LogP contribution in [0.5, 0.6) is 0 Å². The molecule has 5 heteroatoms. The van der Waals surface area contributed by atoms with E-state index in [1.807, 2.05) is 37.3 Å². The molecular formula is C17H20N2O3. The molecule has 0 N–H and O–H groups in total. The molecule has 1 fully saturated rings. The van der Waals surface area contributed by atoms with Gasteiger partial charge in [0.15, 0.2) is 0 Å². The summed E-state index contributed by atoms with van der Waals surface area (Å²) in [6.45, 7) is 2.82. The van der Waals surface area contributed by atoms with E-state index in [2.05, 4.69) is 4.98 Å². The highest BCUT2D eigenvalue weighted by Gasteiger charge is 2.32. The molecule has 2 aromatic rings. The van der Waals surface area contributed by atoms with Crippen molar-refractivity contribution in [3.05, 3.63) is 53.7 Å². The minimum absolute atomic E-state index is 0.120. The molecule has 1 aromatic heterocycles. The van der Waals surface area contributed by atoms with Gasteiger partial charge in [0, 0.05) is 6.54 Å². The van der Waals surface area contributed by atoms with Gasteiger partial charge in [0.25, 0.3) is 0 Å². The molecule has 116 valence electrons. The summed E-state index contributed by atoms with van der Waals surface area (Å²) in [5.74, 6) is 1.37. The molecule has 5 nitrogen and oxygen atoms in total. The third kappa shape index (κ3) is 3.30. The molecule has 22 heavy (non-hydrogen) atoms. The summed E-state index contributed by atoms with van der Waals surface area (Å²) < 4.78 is 11.0. The second-order valence-corrected chi connectivity index (χ2v) is 5.55. The number of hydrogen-bond acceptors (Lipinski definition) is 4. The summed E-state index contributed by atoms with van der Waals surface area (Å²) >= 11 is 0. The molecule has 1 unspecified atom stereocenters. The van der Waals surface area contributed by atoms with Gasteiger partial charge >= 0.3 is 6.09 Å². The summed E-state index contributed by atoms with van der Waals surface area (Å²) in [5, 5.41) is 0. The summed E-state index contributed by atoms with van der Waals surface area (Å²) in [4.78, 5) is 18.4. The first-order chi connectivity index (χ1) is 10.7. The number of aromatic nitrogens is 1. The predicted molar refractivity (Wildman–Crippen MR) is 81.2 cm³/mol. The van der Waals surface area contributed by atoms with Gasteiger partial charge in [0.05, 0.1) is 6.20 Å². The highest BCUT2D eigenvalue weighted by molar-refractivity contribution is 5.68. The van der Waals surface area contributed by atoms with Crippen LogP contribution in [0.25, 0.3) is 0 Å². The van der Waals surface area contributed by atoms with Crippen LogP contribution in [-0.2, 0) is 11.3 Å². The maximum Gasteiger partial charge on any atom is 0.410 e. The topological polar surface area (TPSA) is 55.6 Å². The van der Waals surface area contributed by atoms with E-state index in [1.54, 1.807) is 11.1 Å². The van der Waals surface area contributed by atoms with Crippen molar-refractivity contribution in [3.8, 4) is 0 Å². The van der Waals surface area contributed by atoms with Crippen LogP contribution < -0.4 is 0 Å². The van der Waals surface area contributed by atoms with Crippen LogP contribution in [0.3, 0.4) is 0 Å². The molecule has 0 saturated carbocycles. The van der Waals surface area contributed by atoms with Gasteiger partial charge in [0.1, 0.15) is 18.4 Å². The minimum Gasteiger partial charge on any atom is -0.445 e. The first-order valence-electron chi connectivity index (χ1n) is 7.63. The summed E-state index contributed by atoms with van der Waals surface area (Å²) in [6, 6.07) is 9.57. The molecule has 3 rings (SSSR count). The van der Waals surface area contributed by atoms with Gasteiger partial charge in [-0.05, 0) is 31.7 Å². The summed E-state index contributed by atoms with van der Waals surface area (Å²) in [7, 11) is 0. The highest BCUT2D eigenvalue weighted by atomic mass is 16.6. The third-order valence-electron chi connectivity index (χ3n) is 3.87. The number of likely N-dealkylation sites (tertiary alicyclic amines) is 1. The van der Waals surface area contributed by atoms with Crippen molar-refractivity contribution in [1.29, 1.82) is 0 Å². The lowest BCUT2D eigenvalue weighted by Gasteiger charge is -2.32. The van der Waals surface area contributed by atoms with Crippen molar-refractivity contribution in [2.45, 2.75) is 38.8 Å². The quantitative estimate of drug-likeness (QED) is 0.864. The Hall–Kier alpha value is -2.30. The average Bonchev–Trinajstić information content (AvgIpc) is 3.00. The van der Waals surface area contributed by atoms with Crippen molar-refractivity contribution < 1.29 is 13.9 Å². The number of amides is 1. The van der Waals surface area contributed by atoms with Gasteiger partial charge in [-0.1, -0.05) is 30.3 Å². The highest BCUT2D eigenvalue weighted by Crippen LogP contribution is 2.31. The number of piperidine rings is 1. The minimum atomic E-state index is -0.301. The molecule has 1 aromatic carbocycles. The Labute approximate surface area is 129 Å². The van der Waals surface area contributed by atoms with Crippen molar-refractivity contribution in [1.82, 2.24) is 9.88 Å². The largest absolute Gasteiger partial charge is 0.445 e.